The molecule has 5 nitrogen and oxygen atoms in total. The van der Waals surface area contributed by atoms with Gasteiger partial charge in [0, 0.05) is 6.54 Å². The molecule has 3 aromatic carbocycles. The number of sulfonamides is 1. The number of benzene rings is 3. The standard InChI is InChI=1S/C22H21FN2O3S/c23-19-13-17(29(24,26)27)10-11-21(19)28-22-18-9-5-4-8-16(18)12-20(22)25-14-15-6-2-1-3-7-15/h1-11,13,20,22,25H,12,14H2,(H2,24,26,27)/t20-,22-/m0/s1. The lowest BCUT2D eigenvalue weighted by Crippen LogP contribution is -2.35. The molecule has 2 atom stereocenters. The Morgan fingerprint density at radius 1 is 1.03 bits per heavy atom. The van der Waals surface area contributed by atoms with Gasteiger partial charge < -0.3 is 10.1 Å². The summed E-state index contributed by atoms with van der Waals surface area (Å²) in [5.74, 6) is -0.770. The van der Waals surface area contributed by atoms with E-state index in [0.717, 1.165) is 29.2 Å². The molecule has 7 heteroatoms. The Morgan fingerprint density at radius 2 is 1.76 bits per heavy atom. The fourth-order valence-electron chi connectivity index (χ4n) is 3.62. The highest BCUT2D eigenvalue weighted by atomic mass is 32.2. The first-order valence-corrected chi connectivity index (χ1v) is 10.8. The van der Waals surface area contributed by atoms with Crippen molar-refractivity contribution >= 4 is 10.0 Å². The van der Waals surface area contributed by atoms with Crippen LogP contribution in [0.3, 0.4) is 0 Å². The maximum Gasteiger partial charge on any atom is 0.238 e. The van der Waals surface area contributed by atoms with E-state index in [0.29, 0.717) is 6.54 Å². The molecule has 1 aliphatic carbocycles. The molecule has 3 aromatic rings. The van der Waals surface area contributed by atoms with Crippen LogP contribution >= 0.6 is 0 Å². The molecular formula is C22H21FN2O3S. The van der Waals surface area contributed by atoms with Crippen LogP contribution in [0, 0.1) is 5.82 Å². The van der Waals surface area contributed by atoms with Crippen LogP contribution in [0.5, 0.6) is 5.75 Å². The minimum atomic E-state index is -3.98. The zero-order valence-electron chi connectivity index (χ0n) is 15.6. The number of rotatable bonds is 6. The molecule has 0 heterocycles. The van der Waals surface area contributed by atoms with Gasteiger partial charge in [0.25, 0.3) is 0 Å². The minimum Gasteiger partial charge on any atom is -0.481 e. The average Bonchev–Trinajstić information content (AvgIpc) is 3.05. The van der Waals surface area contributed by atoms with Crippen LogP contribution in [-0.4, -0.2) is 14.5 Å². The Balaban J connectivity index is 1.58. The van der Waals surface area contributed by atoms with Crippen molar-refractivity contribution in [2.24, 2.45) is 5.14 Å². The van der Waals surface area contributed by atoms with E-state index in [9.17, 15) is 12.8 Å². The number of halogens is 1. The molecule has 4 rings (SSSR count). The van der Waals surface area contributed by atoms with Gasteiger partial charge in [0.2, 0.25) is 10.0 Å². The van der Waals surface area contributed by atoms with Gasteiger partial charge in [-0.2, -0.15) is 0 Å². The number of hydrogen-bond donors (Lipinski definition) is 2. The van der Waals surface area contributed by atoms with E-state index in [2.05, 4.69) is 5.32 Å². The van der Waals surface area contributed by atoms with E-state index < -0.39 is 21.9 Å². The van der Waals surface area contributed by atoms with Crippen molar-refractivity contribution < 1.29 is 17.5 Å². The molecule has 1 aliphatic rings. The molecule has 0 aliphatic heterocycles. The second kappa shape index (κ2) is 7.94. The predicted molar refractivity (Wildman–Crippen MR) is 108 cm³/mol. The van der Waals surface area contributed by atoms with Crippen LogP contribution in [0.2, 0.25) is 0 Å². The molecule has 29 heavy (non-hydrogen) atoms. The van der Waals surface area contributed by atoms with Crippen molar-refractivity contribution in [3.63, 3.8) is 0 Å². The lowest BCUT2D eigenvalue weighted by Gasteiger charge is -2.24. The summed E-state index contributed by atoms with van der Waals surface area (Å²) in [5, 5.41) is 8.58. The van der Waals surface area contributed by atoms with E-state index in [-0.39, 0.29) is 16.7 Å². The summed E-state index contributed by atoms with van der Waals surface area (Å²) in [4.78, 5) is -0.284. The van der Waals surface area contributed by atoms with Gasteiger partial charge in [-0.15, -0.1) is 0 Å². The van der Waals surface area contributed by atoms with Crippen LogP contribution in [0.15, 0.2) is 77.7 Å². The molecule has 0 amide bonds. The van der Waals surface area contributed by atoms with E-state index in [1.54, 1.807) is 0 Å². The predicted octanol–water partition coefficient (Wildman–Crippen LogP) is 3.31. The molecule has 0 bridgehead atoms. The van der Waals surface area contributed by atoms with Crippen molar-refractivity contribution in [2.45, 2.75) is 30.0 Å². The summed E-state index contributed by atoms with van der Waals surface area (Å²) in [5.41, 5.74) is 3.28. The summed E-state index contributed by atoms with van der Waals surface area (Å²) in [7, 11) is -3.98. The Hall–Kier alpha value is -2.74. The molecule has 0 spiro atoms. The second-order valence-corrected chi connectivity index (χ2v) is 8.61. The van der Waals surface area contributed by atoms with E-state index >= 15 is 0 Å². The highest BCUT2D eigenvalue weighted by Gasteiger charge is 2.34. The number of primary sulfonamides is 1. The number of nitrogens with one attached hydrogen (secondary N) is 1. The van der Waals surface area contributed by atoms with Crippen molar-refractivity contribution in [2.75, 3.05) is 0 Å². The number of ether oxygens (including phenoxy) is 1. The normalized spacial score (nSPS) is 18.4. The van der Waals surface area contributed by atoms with Crippen molar-refractivity contribution in [1.29, 1.82) is 0 Å². The van der Waals surface area contributed by atoms with Crippen LogP contribution < -0.4 is 15.2 Å². The molecule has 150 valence electrons. The van der Waals surface area contributed by atoms with Gasteiger partial charge in [-0.05, 0) is 41.3 Å². The van der Waals surface area contributed by atoms with E-state index in [1.165, 1.54) is 12.1 Å². The largest absolute Gasteiger partial charge is 0.481 e. The van der Waals surface area contributed by atoms with E-state index in [1.807, 2.05) is 54.6 Å². The summed E-state index contributed by atoms with van der Waals surface area (Å²) in [6, 6.07) is 21.3. The first kappa shape index (κ1) is 19.6. The molecule has 3 N–H and O–H groups in total. The van der Waals surface area contributed by atoms with Gasteiger partial charge in [0.15, 0.2) is 11.6 Å². The van der Waals surface area contributed by atoms with Gasteiger partial charge in [-0.25, -0.2) is 17.9 Å². The number of hydrogen-bond acceptors (Lipinski definition) is 4. The first-order valence-electron chi connectivity index (χ1n) is 9.26. The van der Waals surface area contributed by atoms with Gasteiger partial charge >= 0.3 is 0 Å². The molecule has 0 unspecified atom stereocenters. The van der Waals surface area contributed by atoms with Crippen molar-refractivity contribution in [1.82, 2.24) is 5.32 Å². The van der Waals surface area contributed by atoms with Gasteiger partial charge in [-0.1, -0.05) is 54.6 Å². The third kappa shape index (κ3) is 4.32. The van der Waals surface area contributed by atoms with Crippen LogP contribution in [-0.2, 0) is 23.0 Å². The van der Waals surface area contributed by atoms with Crippen molar-refractivity contribution in [3.8, 4) is 5.75 Å². The number of nitrogens with two attached hydrogens (primary N) is 1. The minimum absolute atomic E-state index is 0.00869. The quantitative estimate of drug-likeness (QED) is 0.651. The smallest absolute Gasteiger partial charge is 0.238 e. The summed E-state index contributed by atoms with van der Waals surface area (Å²) < 4.78 is 43.4. The second-order valence-electron chi connectivity index (χ2n) is 7.05. The first-order chi connectivity index (χ1) is 13.9. The lowest BCUT2D eigenvalue weighted by molar-refractivity contribution is 0.160. The van der Waals surface area contributed by atoms with Crippen molar-refractivity contribution in [3.05, 3.63) is 95.3 Å². The number of fused-ring (bicyclic) bond motifs is 1. The zero-order chi connectivity index (χ0) is 20.4. The van der Waals surface area contributed by atoms with Crippen LogP contribution in [0.25, 0.3) is 0 Å². The Kier molecular flexibility index (Phi) is 5.36. The van der Waals surface area contributed by atoms with Gasteiger partial charge in [0.05, 0.1) is 10.9 Å². The monoisotopic (exact) mass is 412 g/mol. The summed E-state index contributed by atoms with van der Waals surface area (Å²) in [6.07, 6.45) is 0.356. The summed E-state index contributed by atoms with van der Waals surface area (Å²) >= 11 is 0. The van der Waals surface area contributed by atoms with E-state index in [4.69, 9.17) is 9.88 Å². The van der Waals surface area contributed by atoms with Crippen LogP contribution in [0.1, 0.15) is 22.8 Å². The van der Waals surface area contributed by atoms with Gasteiger partial charge in [0.1, 0.15) is 6.10 Å². The third-order valence-electron chi connectivity index (χ3n) is 5.06. The molecule has 0 aromatic heterocycles. The van der Waals surface area contributed by atoms with Gasteiger partial charge in [-0.3, -0.25) is 0 Å². The third-order valence-corrected chi connectivity index (χ3v) is 5.97. The SMILES string of the molecule is NS(=O)(=O)c1ccc(O[C@H]2c3ccccc3C[C@@H]2NCc2ccccc2)c(F)c1. The zero-order valence-corrected chi connectivity index (χ0v) is 16.4. The highest BCUT2D eigenvalue weighted by molar-refractivity contribution is 7.89. The summed E-state index contributed by atoms with van der Waals surface area (Å²) in [6.45, 7) is 0.659. The Labute approximate surface area is 169 Å². The Morgan fingerprint density at radius 3 is 2.48 bits per heavy atom. The highest BCUT2D eigenvalue weighted by Crippen LogP contribution is 2.36. The lowest BCUT2D eigenvalue weighted by atomic mass is 10.1. The molecular weight excluding hydrogens is 391 g/mol. The molecule has 0 radical (unpaired) electrons. The van der Waals surface area contributed by atoms with Crippen LogP contribution in [0.4, 0.5) is 4.39 Å². The molecule has 0 saturated carbocycles. The maximum absolute atomic E-state index is 14.5. The fraction of sp³-hybridized carbons (Fsp3) is 0.182. The fourth-order valence-corrected chi connectivity index (χ4v) is 4.14. The maximum atomic E-state index is 14.5. The molecule has 0 saturated heterocycles. The average molecular weight is 412 g/mol. The molecule has 0 fully saturated rings. The topological polar surface area (TPSA) is 81.4 Å². The Bertz CT molecular complexity index is 1120.